The third-order valence-corrected chi connectivity index (χ3v) is 3.01. The van der Waals surface area contributed by atoms with Gasteiger partial charge in [-0.15, -0.1) is 0 Å². The van der Waals surface area contributed by atoms with Crippen LogP contribution in [0.2, 0.25) is 0 Å². The molecule has 2 rings (SSSR count). The third-order valence-electron chi connectivity index (χ3n) is 3.01. The lowest BCUT2D eigenvalue weighted by Gasteiger charge is -2.23. The number of hydrogen-bond acceptors (Lipinski definition) is 2. The average molecular weight is 196 g/mol. The van der Waals surface area contributed by atoms with E-state index < -0.39 is 0 Å². The lowest BCUT2D eigenvalue weighted by molar-refractivity contribution is -0.139. The highest BCUT2D eigenvalue weighted by Crippen LogP contribution is 2.33. The first-order valence-corrected chi connectivity index (χ1v) is 5.26. The zero-order chi connectivity index (χ0) is 10.1. The van der Waals surface area contributed by atoms with Crippen molar-refractivity contribution in [1.82, 2.24) is 10.2 Å². The van der Waals surface area contributed by atoms with E-state index in [-0.39, 0.29) is 23.8 Å². The molecule has 0 radical (unpaired) electrons. The highest BCUT2D eigenvalue weighted by molar-refractivity contribution is 5.89. The van der Waals surface area contributed by atoms with Crippen molar-refractivity contribution >= 4 is 11.8 Å². The highest BCUT2D eigenvalue weighted by atomic mass is 16.2. The van der Waals surface area contributed by atoms with Gasteiger partial charge in [0, 0.05) is 19.5 Å². The third kappa shape index (κ3) is 1.61. The van der Waals surface area contributed by atoms with Crippen LogP contribution in [0.1, 0.15) is 25.7 Å². The molecule has 0 aromatic rings. The Hall–Kier alpha value is -1.06. The molecule has 1 N–H and O–H groups in total. The van der Waals surface area contributed by atoms with Crippen molar-refractivity contribution in [3.8, 4) is 0 Å². The number of carbonyl (C=O) groups excluding carboxylic acids is 2. The standard InChI is InChI=1S/C10H16N2O2/c1-11-9(13)8-3-2-6-12(8)10(14)7-4-5-7/h7-8H,2-6H2,1H3,(H,11,13). The molecule has 2 aliphatic rings. The molecule has 2 amide bonds. The Morgan fingerprint density at radius 1 is 1.29 bits per heavy atom. The van der Waals surface area contributed by atoms with Crippen LogP contribution >= 0.6 is 0 Å². The van der Waals surface area contributed by atoms with E-state index in [9.17, 15) is 9.59 Å². The van der Waals surface area contributed by atoms with Crippen LogP contribution in [0.3, 0.4) is 0 Å². The van der Waals surface area contributed by atoms with Gasteiger partial charge in [-0.05, 0) is 25.7 Å². The quantitative estimate of drug-likeness (QED) is 0.682. The molecule has 78 valence electrons. The van der Waals surface area contributed by atoms with Crippen LogP contribution < -0.4 is 5.32 Å². The Bertz CT molecular complexity index is 261. The predicted molar refractivity (Wildman–Crippen MR) is 51.5 cm³/mol. The SMILES string of the molecule is CNC(=O)C1CCCN1C(=O)C1CC1. The Balaban J connectivity index is 2.02. The van der Waals surface area contributed by atoms with Crippen LogP contribution in [0.4, 0.5) is 0 Å². The van der Waals surface area contributed by atoms with E-state index >= 15 is 0 Å². The minimum absolute atomic E-state index is 0.0171. The Labute approximate surface area is 83.6 Å². The zero-order valence-corrected chi connectivity index (χ0v) is 8.45. The molecule has 4 nitrogen and oxygen atoms in total. The van der Waals surface area contributed by atoms with Gasteiger partial charge in [0.05, 0.1) is 0 Å². The van der Waals surface area contributed by atoms with E-state index in [0.717, 1.165) is 32.2 Å². The summed E-state index contributed by atoms with van der Waals surface area (Å²) in [5.74, 6) is 0.396. The fraction of sp³-hybridized carbons (Fsp3) is 0.800. The van der Waals surface area contributed by atoms with Crippen LogP contribution in [0, 0.1) is 5.92 Å². The van der Waals surface area contributed by atoms with E-state index in [0.29, 0.717) is 0 Å². The van der Waals surface area contributed by atoms with Crippen molar-refractivity contribution in [1.29, 1.82) is 0 Å². The molecule has 1 saturated carbocycles. The fourth-order valence-corrected chi connectivity index (χ4v) is 2.03. The lowest BCUT2D eigenvalue weighted by Crippen LogP contribution is -2.45. The molecule has 0 aromatic carbocycles. The van der Waals surface area contributed by atoms with Gasteiger partial charge in [-0.2, -0.15) is 0 Å². The van der Waals surface area contributed by atoms with Crippen molar-refractivity contribution in [3.63, 3.8) is 0 Å². The average Bonchev–Trinajstić information content (AvgIpc) is 2.93. The first kappa shape index (κ1) is 9.49. The van der Waals surface area contributed by atoms with E-state index in [1.807, 2.05) is 0 Å². The summed E-state index contributed by atoms with van der Waals surface area (Å²) in [6, 6.07) is -0.201. The summed E-state index contributed by atoms with van der Waals surface area (Å²) in [7, 11) is 1.63. The first-order valence-electron chi connectivity index (χ1n) is 5.26. The van der Waals surface area contributed by atoms with Gasteiger partial charge in [0.15, 0.2) is 0 Å². The maximum atomic E-state index is 11.8. The summed E-state index contributed by atoms with van der Waals surface area (Å²) >= 11 is 0. The summed E-state index contributed by atoms with van der Waals surface area (Å²) in [6.07, 6.45) is 3.79. The van der Waals surface area contributed by atoms with Crippen molar-refractivity contribution < 1.29 is 9.59 Å². The van der Waals surface area contributed by atoms with Crippen molar-refractivity contribution in [2.75, 3.05) is 13.6 Å². The lowest BCUT2D eigenvalue weighted by atomic mass is 10.2. The largest absolute Gasteiger partial charge is 0.357 e. The number of hydrogen-bond donors (Lipinski definition) is 1. The molecule has 1 heterocycles. The maximum absolute atomic E-state index is 11.8. The first-order chi connectivity index (χ1) is 6.74. The number of rotatable bonds is 2. The normalized spacial score (nSPS) is 26.4. The molecule has 4 heteroatoms. The predicted octanol–water partition coefficient (Wildman–Crippen LogP) is 0.133. The zero-order valence-electron chi connectivity index (χ0n) is 8.45. The molecule has 14 heavy (non-hydrogen) atoms. The van der Waals surface area contributed by atoms with Crippen LogP contribution in [0.5, 0.6) is 0 Å². The molecule has 2 fully saturated rings. The number of likely N-dealkylation sites (N-methyl/N-ethyl adjacent to an activating group) is 1. The number of likely N-dealkylation sites (tertiary alicyclic amines) is 1. The highest BCUT2D eigenvalue weighted by Gasteiger charge is 2.40. The van der Waals surface area contributed by atoms with Gasteiger partial charge in [-0.1, -0.05) is 0 Å². The Morgan fingerprint density at radius 3 is 2.57 bits per heavy atom. The van der Waals surface area contributed by atoms with Gasteiger partial charge in [0.25, 0.3) is 0 Å². The Kier molecular flexibility index (Phi) is 2.44. The van der Waals surface area contributed by atoms with E-state index in [4.69, 9.17) is 0 Å². The summed E-state index contributed by atoms with van der Waals surface area (Å²) in [4.78, 5) is 25.0. The summed E-state index contributed by atoms with van der Waals surface area (Å²) < 4.78 is 0. The monoisotopic (exact) mass is 196 g/mol. The van der Waals surface area contributed by atoms with Gasteiger partial charge in [-0.3, -0.25) is 9.59 Å². The second-order valence-corrected chi connectivity index (χ2v) is 4.08. The second-order valence-electron chi connectivity index (χ2n) is 4.08. The van der Waals surface area contributed by atoms with Crippen molar-refractivity contribution in [3.05, 3.63) is 0 Å². The van der Waals surface area contributed by atoms with Crippen molar-refractivity contribution in [2.24, 2.45) is 5.92 Å². The minimum atomic E-state index is -0.201. The second kappa shape index (κ2) is 3.59. The number of amides is 2. The summed E-state index contributed by atoms with van der Waals surface area (Å²) in [5, 5.41) is 2.62. The summed E-state index contributed by atoms with van der Waals surface area (Å²) in [6.45, 7) is 0.757. The van der Waals surface area contributed by atoms with E-state index in [1.165, 1.54) is 0 Å². The van der Waals surface area contributed by atoms with Gasteiger partial charge in [0.2, 0.25) is 11.8 Å². The van der Waals surface area contributed by atoms with Crippen molar-refractivity contribution in [2.45, 2.75) is 31.7 Å². The molecular formula is C10H16N2O2. The molecule has 0 bridgehead atoms. The number of carbonyl (C=O) groups is 2. The number of nitrogens with one attached hydrogen (secondary N) is 1. The molecule has 1 aliphatic heterocycles. The van der Waals surface area contributed by atoms with Crippen LogP contribution in [-0.2, 0) is 9.59 Å². The Morgan fingerprint density at radius 2 is 2.00 bits per heavy atom. The van der Waals surface area contributed by atoms with Crippen LogP contribution in [0.25, 0.3) is 0 Å². The minimum Gasteiger partial charge on any atom is -0.357 e. The fourth-order valence-electron chi connectivity index (χ4n) is 2.03. The van der Waals surface area contributed by atoms with Gasteiger partial charge in [-0.25, -0.2) is 0 Å². The number of nitrogens with zero attached hydrogens (tertiary/aromatic N) is 1. The smallest absolute Gasteiger partial charge is 0.242 e. The van der Waals surface area contributed by atoms with Gasteiger partial charge < -0.3 is 10.2 Å². The molecule has 1 saturated heterocycles. The molecule has 1 unspecified atom stereocenters. The maximum Gasteiger partial charge on any atom is 0.242 e. The molecule has 1 aliphatic carbocycles. The van der Waals surface area contributed by atoms with Gasteiger partial charge in [0.1, 0.15) is 6.04 Å². The van der Waals surface area contributed by atoms with Crippen LogP contribution in [-0.4, -0.2) is 36.3 Å². The van der Waals surface area contributed by atoms with E-state index in [2.05, 4.69) is 5.32 Å². The van der Waals surface area contributed by atoms with Crippen LogP contribution in [0.15, 0.2) is 0 Å². The molecular weight excluding hydrogens is 180 g/mol. The molecule has 0 spiro atoms. The topological polar surface area (TPSA) is 49.4 Å². The molecule has 1 atom stereocenters. The summed E-state index contributed by atoms with van der Waals surface area (Å²) in [5.41, 5.74) is 0. The molecule has 0 aromatic heterocycles. The van der Waals surface area contributed by atoms with E-state index in [1.54, 1.807) is 11.9 Å². The van der Waals surface area contributed by atoms with Gasteiger partial charge >= 0.3 is 0 Å².